The highest BCUT2D eigenvalue weighted by atomic mass is 16.5. The van der Waals surface area contributed by atoms with Crippen molar-refractivity contribution in [1.29, 1.82) is 0 Å². The van der Waals surface area contributed by atoms with Crippen LogP contribution in [0.5, 0.6) is 5.75 Å². The molecule has 5 unspecified atom stereocenters. The number of aliphatic hydroxyl groups excluding tert-OH is 1. The van der Waals surface area contributed by atoms with Crippen LogP contribution in [0.4, 0.5) is 5.69 Å². The number of anilines is 1. The van der Waals surface area contributed by atoms with E-state index in [1.807, 2.05) is 50.8 Å². The van der Waals surface area contributed by atoms with Crippen molar-refractivity contribution in [2.45, 2.75) is 82.0 Å². The number of hydrogen-bond acceptors (Lipinski definition) is 6. The molecule has 0 aliphatic carbocycles. The summed E-state index contributed by atoms with van der Waals surface area (Å²) in [5.74, 6) is 0.783. The van der Waals surface area contributed by atoms with Crippen LogP contribution < -0.4 is 10.1 Å². The van der Waals surface area contributed by atoms with Crippen molar-refractivity contribution in [3.05, 3.63) is 29.3 Å². The smallest absolute Gasteiger partial charge is 0.248 e. The van der Waals surface area contributed by atoms with Gasteiger partial charge in [0.2, 0.25) is 11.8 Å². The lowest BCUT2D eigenvalue weighted by molar-refractivity contribution is -0.165. The van der Waals surface area contributed by atoms with Crippen LogP contribution in [0.3, 0.4) is 0 Å². The number of aliphatic hydroxyl groups is 1. The van der Waals surface area contributed by atoms with E-state index in [0.717, 1.165) is 29.0 Å². The van der Waals surface area contributed by atoms with Gasteiger partial charge in [0.15, 0.2) is 5.66 Å². The summed E-state index contributed by atoms with van der Waals surface area (Å²) >= 11 is 0. The molecule has 7 rings (SSSR count). The molecule has 4 saturated heterocycles. The average Bonchev–Trinajstić information content (AvgIpc) is 3.48. The van der Waals surface area contributed by atoms with Gasteiger partial charge >= 0.3 is 0 Å². The molecule has 180 valence electrons. The molecule has 6 aliphatic heterocycles. The normalized spacial score (nSPS) is 39.6. The molecule has 2 N–H and O–H groups in total. The Balaban J connectivity index is 1.47. The fourth-order valence-corrected chi connectivity index (χ4v) is 7.75. The Hall–Kier alpha value is -2.58. The van der Waals surface area contributed by atoms with Crippen molar-refractivity contribution < 1.29 is 24.2 Å². The first kappa shape index (κ1) is 20.8. The number of nitrogens with zero attached hydrogens (tertiary/aromatic N) is 2. The molecular weight excluding hydrogens is 434 g/mol. The van der Waals surface area contributed by atoms with Gasteiger partial charge in [-0.3, -0.25) is 9.59 Å². The molecule has 0 bridgehead atoms. The minimum absolute atomic E-state index is 0.0126. The molecule has 1 aromatic rings. The van der Waals surface area contributed by atoms with Gasteiger partial charge in [0.1, 0.15) is 29.0 Å². The van der Waals surface area contributed by atoms with Gasteiger partial charge in [-0.15, -0.1) is 0 Å². The van der Waals surface area contributed by atoms with Crippen LogP contribution in [0.1, 0.15) is 58.1 Å². The standard InChI is InChI=1S/C26H31N3O5/c1-23(2)10-9-14-18(33-23)8-7-15-20(14)27-26-24(3,4)19(13-30)34-25(15,26)12-17-21(31)28-11-5-6-16(28)22(32)29(17)26/h7-10,16-17,19,27,30H,5-6,11-13H2,1-4H3. The molecule has 0 radical (unpaired) electrons. The van der Waals surface area contributed by atoms with E-state index in [9.17, 15) is 14.7 Å². The number of hydrogen-bond donors (Lipinski definition) is 2. The summed E-state index contributed by atoms with van der Waals surface area (Å²) in [5, 5.41) is 14.1. The van der Waals surface area contributed by atoms with Gasteiger partial charge in [-0.05, 0) is 44.9 Å². The maximum absolute atomic E-state index is 14.1. The van der Waals surface area contributed by atoms with Crippen molar-refractivity contribution in [2.75, 3.05) is 18.5 Å². The number of nitrogens with one attached hydrogen (secondary N) is 1. The number of ether oxygens (including phenoxy) is 2. The van der Waals surface area contributed by atoms with Crippen LogP contribution in [-0.4, -0.2) is 69.3 Å². The molecule has 1 aromatic carbocycles. The van der Waals surface area contributed by atoms with Gasteiger partial charge in [-0.2, -0.15) is 0 Å². The molecule has 34 heavy (non-hydrogen) atoms. The predicted molar refractivity (Wildman–Crippen MR) is 124 cm³/mol. The number of fused-ring (bicyclic) bond motifs is 5. The second-order valence-electron chi connectivity index (χ2n) is 11.7. The van der Waals surface area contributed by atoms with Crippen LogP contribution in [0.25, 0.3) is 6.08 Å². The largest absolute Gasteiger partial charge is 0.483 e. The molecule has 6 aliphatic rings. The van der Waals surface area contributed by atoms with E-state index in [2.05, 4.69) is 11.4 Å². The molecular formula is C26H31N3O5. The van der Waals surface area contributed by atoms with Crippen LogP contribution in [0, 0.1) is 5.41 Å². The van der Waals surface area contributed by atoms with Gasteiger partial charge in [-0.25, -0.2) is 0 Å². The summed E-state index contributed by atoms with van der Waals surface area (Å²) in [6, 6.07) is 2.99. The highest BCUT2D eigenvalue weighted by Gasteiger charge is 2.83. The van der Waals surface area contributed by atoms with Gasteiger partial charge < -0.3 is 29.7 Å². The molecule has 8 heteroatoms. The maximum atomic E-state index is 14.1. The van der Waals surface area contributed by atoms with Crippen LogP contribution in [0.15, 0.2) is 18.2 Å². The number of piperazine rings is 1. The van der Waals surface area contributed by atoms with Crippen molar-refractivity contribution in [1.82, 2.24) is 9.80 Å². The summed E-state index contributed by atoms with van der Waals surface area (Å²) in [5.41, 5.74) is -0.256. The third-order valence-electron chi connectivity index (χ3n) is 9.30. The second kappa shape index (κ2) is 5.97. The Morgan fingerprint density at radius 2 is 1.94 bits per heavy atom. The number of carbonyl (C=O) groups excluding carboxylic acids is 2. The molecule has 2 amide bonds. The third kappa shape index (κ3) is 2.02. The Labute approximate surface area is 198 Å². The summed E-state index contributed by atoms with van der Waals surface area (Å²) in [7, 11) is 0. The van der Waals surface area contributed by atoms with E-state index in [1.165, 1.54) is 0 Å². The Kier molecular flexibility index (Phi) is 3.64. The topological polar surface area (TPSA) is 91.3 Å². The molecule has 0 aromatic heterocycles. The molecule has 5 atom stereocenters. The van der Waals surface area contributed by atoms with E-state index in [4.69, 9.17) is 9.47 Å². The van der Waals surface area contributed by atoms with Crippen molar-refractivity contribution in [2.24, 2.45) is 5.41 Å². The Morgan fingerprint density at radius 3 is 2.71 bits per heavy atom. The number of amides is 2. The van der Waals surface area contributed by atoms with Crippen molar-refractivity contribution in [3.8, 4) is 5.75 Å². The van der Waals surface area contributed by atoms with Crippen LogP contribution in [0.2, 0.25) is 0 Å². The van der Waals surface area contributed by atoms with Crippen LogP contribution in [-0.2, 0) is 19.9 Å². The fourth-order valence-electron chi connectivity index (χ4n) is 7.75. The van der Waals surface area contributed by atoms with E-state index >= 15 is 0 Å². The van der Waals surface area contributed by atoms with Gasteiger partial charge in [0, 0.05) is 29.5 Å². The number of benzene rings is 1. The Morgan fingerprint density at radius 1 is 1.15 bits per heavy atom. The monoisotopic (exact) mass is 465 g/mol. The van der Waals surface area contributed by atoms with Crippen molar-refractivity contribution in [3.63, 3.8) is 0 Å². The average molecular weight is 466 g/mol. The van der Waals surface area contributed by atoms with Gasteiger partial charge in [0.05, 0.1) is 18.4 Å². The first-order chi connectivity index (χ1) is 16.1. The van der Waals surface area contributed by atoms with Crippen molar-refractivity contribution >= 4 is 23.6 Å². The zero-order valence-electron chi connectivity index (χ0n) is 20.1. The molecule has 8 nitrogen and oxygen atoms in total. The lowest BCUT2D eigenvalue weighted by Crippen LogP contribution is -2.72. The highest BCUT2D eigenvalue weighted by molar-refractivity contribution is 6.00. The van der Waals surface area contributed by atoms with E-state index in [1.54, 1.807) is 4.90 Å². The number of rotatable bonds is 1. The molecule has 4 fully saturated rings. The quantitative estimate of drug-likeness (QED) is 0.661. The predicted octanol–water partition coefficient (Wildman–Crippen LogP) is 2.21. The first-order valence-electron chi connectivity index (χ1n) is 12.3. The van der Waals surface area contributed by atoms with E-state index in [0.29, 0.717) is 19.4 Å². The highest BCUT2D eigenvalue weighted by Crippen LogP contribution is 2.71. The zero-order chi connectivity index (χ0) is 23.8. The second-order valence-corrected chi connectivity index (χ2v) is 11.7. The minimum Gasteiger partial charge on any atom is -0.483 e. The van der Waals surface area contributed by atoms with Gasteiger partial charge in [-0.1, -0.05) is 19.9 Å². The van der Waals surface area contributed by atoms with Crippen LogP contribution >= 0.6 is 0 Å². The van der Waals surface area contributed by atoms with E-state index in [-0.39, 0.29) is 18.4 Å². The lowest BCUT2D eigenvalue weighted by atomic mass is 9.69. The minimum atomic E-state index is -0.988. The summed E-state index contributed by atoms with van der Waals surface area (Å²) < 4.78 is 13.0. The first-order valence-corrected chi connectivity index (χ1v) is 12.3. The fraction of sp³-hybridized carbons (Fsp3) is 0.615. The summed E-state index contributed by atoms with van der Waals surface area (Å²) in [6.45, 7) is 8.59. The van der Waals surface area contributed by atoms with Gasteiger partial charge in [0.25, 0.3) is 0 Å². The summed E-state index contributed by atoms with van der Waals surface area (Å²) in [4.78, 5) is 31.3. The molecule has 0 saturated carbocycles. The lowest BCUT2D eigenvalue weighted by Gasteiger charge is -2.52. The van der Waals surface area contributed by atoms with E-state index < -0.39 is 40.5 Å². The molecule has 6 heterocycles. The SMILES string of the molecule is CC1(C)C=Cc2c(ccc3c2NC24N5C(=O)C6CCCN6C(=O)C5CC32OC(CO)C4(C)C)O1. The number of carbonyl (C=O) groups is 2. The summed E-state index contributed by atoms with van der Waals surface area (Å²) in [6.07, 6.45) is 5.53. The Bertz CT molecular complexity index is 1190. The molecule has 0 spiro atoms. The zero-order valence-corrected chi connectivity index (χ0v) is 20.1. The third-order valence-corrected chi connectivity index (χ3v) is 9.30. The maximum Gasteiger partial charge on any atom is 0.248 e.